The zero-order valence-electron chi connectivity index (χ0n) is 17.8. The fourth-order valence-electron chi connectivity index (χ4n) is 4.68. The average Bonchev–Trinajstić information content (AvgIpc) is 3.23. The van der Waals surface area contributed by atoms with Gasteiger partial charge in [0.1, 0.15) is 5.82 Å². The Morgan fingerprint density at radius 1 is 0.943 bits per heavy atom. The van der Waals surface area contributed by atoms with E-state index in [9.17, 15) is 49.1 Å². The predicted octanol–water partition coefficient (Wildman–Crippen LogP) is 3.98. The van der Waals surface area contributed by atoms with Gasteiger partial charge in [-0.3, -0.25) is 4.79 Å². The summed E-state index contributed by atoms with van der Waals surface area (Å²) in [6.45, 7) is -0.200. The van der Waals surface area contributed by atoms with Crippen LogP contribution in [-0.2, 0) is 28.8 Å². The van der Waals surface area contributed by atoms with Gasteiger partial charge in [-0.15, -0.1) is 0 Å². The molecule has 35 heavy (non-hydrogen) atoms. The number of carbonyl (C=O) groups is 2. The standard InChI is InChI=1S/C19H19F9N4O3/c20-17(21,22)11-8-31-5-6-32(9-12(31)29-11)13(33)10-7-16(10)1-3-30(4-2-16)15(34)35-14(18(23,24)25)19(26,27)28/h8,10,14H,1-7,9H2/t10-/m0/s1. The summed E-state index contributed by atoms with van der Waals surface area (Å²) < 4.78 is 119. The Kier molecular flexibility index (Phi) is 5.94. The molecule has 1 aromatic rings. The molecule has 1 saturated carbocycles. The molecule has 0 unspecified atom stereocenters. The molecule has 0 aromatic carbocycles. The molecule has 2 fully saturated rings. The smallest absolute Gasteiger partial charge is 0.426 e. The van der Waals surface area contributed by atoms with E-state index in [1.54, 1.807) is 0 Å². The first-order valence-corrected chi connectivity index (χ1v) is 10.5. The predicted molar refractivity (Wildman–Crippen MR) is 96.4 cm³/mol. The summed E-state index contributed by atoms with van der Waals surface area (Å²) in [5.41, 5.74) is -1.62. The lowest BCUT2D eigenvalue weighted by Crippen LogP contribution is -2.49. The van der Waals surface area contributed by atoms with E-state index in [1.165, 1.54) is 9.47 Å². The van der Waals surface area contributed by atoms with Crippen molar-refractivity contribution in [1.29, 1.82) is 0 Å². The van der Waals surface area contributed by atoms with Gasteiger partial charge in [-0.2, -0.15) is 39.5 Å². The number of fused-ring (bicyclic) bond motifs is 1. The minimum Gasteiger partial charge on any atom is -0.426 e. The number of alkyl halides is 9. The fraction of sp³-hybridized carbons (Fsp3) is 0.737. The van der Waals surface area contributed by atoms with E-state index in [2.05, 4.69) is 9.72 Å². The number of halogens is 9. The van der Waals surface area contributed by atoms with Crippen LogP contribution < -0.4 is 0 Å². The number of likely N-dealkylation sites (tertiary alicyclic amines) is 1. The second-order valence-electron chi connectivity index (χ2n) is 8.95. The Morgan fingerprint density at radius 3 is 2.09 bits per heavy atom. The average molecular weight is 522 g/mol. The number of ether oxygens (including phenoxy) is 1. The van der Waals surface area contributed by atoms with Gasteiger partial charge >= 0.3 is 24.6 Å². The molecule has 3 aliphatic rings. The van der Waals surface area contributed by atoms with Crippen molar-refractivity contribution in [3.63, 3.8) is 0 Å². The maximum Gasteiger partial charge on any atom is 0.434 e. The number of carbonyl (C=O) groups excluding carboxylic acids is 2. The summed E-state index contributed by atoms with van der Waals surface area (Å²) in [7, 11) is 0. The Balaban J connectivity index is 1.32. The topological polar surface area (TPSA) is 67.7 Å². The van der Waals surface area contributed by atoms with Crippen molar-refractivity contribution in [2.75, 3.05) is 19.6 Å². The second kappa shape index (κ2) is 8.18. The van der Waals surface area contributed by atoms with Crippen LogP contribution >= 0.6 is 0 Å². The number of aromatic nitrogens is 2. The lowest BCUT2D eigenvalue weighted by atomic mass is 9.90. The number of rotatable bonds is 2. The molecule has 7 nitrogen and oxygen atoms in total. The highest BCUT2D eigenvalue weighted by Crippen LogP contribution is 2.60. The number of nitrogens with zero attached hydrogens (tertiary/aromatic N) is 4. The molecule has 1 aliphatic carbocycles. The lowest BCUT2D eigenvalue weighted by molar-refractivity contribution is -0.308. The number of piperidine rings is 1. The van der Waals surface area contributed by atoms with Gasteiger partial charge in [-0.25, -0.2) is 9.78 Å². The van der Waals surface area contributed by atoms with Crippen LogP contribution in [0.5, 0.6) is 0 Å². The van der Waals surface area contributed by atoms with Crippen LogP contribution in [0.15, 0.2) is 6.20 Å². The monoisotopic (exact) mass is 522 g/mol. The Morgan fingerprint density at radius 2 is 1.54 bits per heavy atom. The van der Waals surface area contributed by atoms with E-state index < -0.39 is 47.8 Å². The van der Waals surface area contributed by atoms with E-state index >= 15 is 0 Å². The number of amides is 2. The summed E-state index contributed by atoms with van der Waals surface area (Å²) >= 11 is 0. The molecular formula is C19H19F9N4O3. The van der Waals surface area contributed by atoms with Crippen molar-refractivity contribution in [2.24, 2.45) is 11.3 Å². The SMILES string of the molecule is O=C(OC(C(F)(F)F)C(F)(F)F)N1CCC2(CC1)C[C@H]2C(=O)N1CCn2cc(C(F)(F)F)nc2C1. The van der Waals surface area contributed by atoms with Crippen molar-refractivity contribution in [3.05, 3.63) is 17.7 Å². The molecule has 2 amide bonds. The summed E-state index contributed by atoms with van der Waals surface area (Å²) in [5, 5.41) is 0. The first-order chi connectivity index (χ1) is 16.0. The maximum absolute atomic E-state index is 12.9. The van der Waals surface area contributed by atoms with Gasteiger partial charge in [-0.1, -0.05) is 0 Å². The van der Waals surface area contributed by atoms with Crippen LogP contribution in [0.25, 0.3) is 0 Å². The molecule has 1 aromatic heterocycles. The van der Waals surface area contributed by atoms with Crippen molar-refractivity contribution < 1.29 is 53.8 Å². The van der Waals surface area contributed by atoms with Gasteiger partial charge in [0.15, 0.2) is 5.69 Å². The van der Waals surface area contributed by atoms with E-state index in [0.717, 1.165) is 11.1 Å². The largest absolute Gasteiger partial charge is 0.434 e. The Labute approximate surface area is 191 Å². The molecule has 0 N–H and O–H groups in total. The highest BCUT2D eigenvalue weighted by Gasteiger charge is 2.62. The van der Waals surface area contributed by atoms with Gasteiger partial charge in [0.05, 0.1) is 6.54 Å². The van der Waals surface area contributed by atoms with Crippen LogP contribution in [0.1, 0.15) is 30.8 Å². The normalized spacial score (nSPS) is 22.4. The number of hydrogen-bond acceptors (Lipinski definition) is 4. The summed E-state index contributed by atoms with van der Waals surface area (Å²) in [4.78, 5) is 30.5. The van der Waals surface area contributed by atoms with Gasteiger partial charge in [0, 0.05) is 38.3 Å². The van der Waals surface area contributed by atoms with Crippen LogP contribution in [0.4, 0.5) is 44.3 Å². The quantitative estimate of drug-likeness (QED) is 0.552. The van der Waals surface area contributed by atoms with Gasteiger partial charge in [0.2, 0.25) is 5.91 Å². The maximum atomic E-state index is 12.9. The van der Waals surface area contributed by atoms with Gasteiger partial charge in [0.25, 0.3) is 6.10 Å². The fourth-order valence-corrected chi connectivity index (χ4v) is 4.68. The van der Waals surface area contributed by atoms with E-state index in [0.29, 0.717) is 6.42 Å². The van der Waals surface area contributed by atoms with E-state index in [1.807, 2.05) is 0 Å². The number of hydrogen-bond donors (Lipinski definition) is 0. The third kappa shape index (κ3) is 5.01. The minimum atomic E-state index is -5.82. The highest BCUT2D eigenvalue weighted by molar-refractivity contribution is 5.83. The molecule has 4 rings (SSSR count). The van der Waals surface area contributed by atoms with Crippen LogP contribution in [0.3, 0.4) is 0 Å². The van der Waals surface area contributed by atoms with Crippen LogP contribution in [0, 0.1) is 11.3 Å². The van der Waals surface area contributed by atoms with Crippen molar-refractivity contribution in [1.82, 2.24) is 19.4 Å². The summed E-state index contributed by atoms with van der Waals surface area (Å²) in [6, 6.07) is 0. The number of imidazole rings is 1. The molecule has 2 aliphatic heterocycles. The molecule has 3 heterocycles. The molecule has 16 heteroatoms. The van der Waals surface area contributed by atoms with Crippen molar-refractivity contribution >= 4 is 12.0 Å². The van der Waals surface area contributed by atoms with E-state index in [4.69, 9.17) is 0 Å². The van der Waals surface area contributed by atoms with Gasteiger partial charge in [-0.05, 0) is 24.7 Å². The van der Waals surface area contributed by atoms with Gasteiger partial charge < -0.3 is 19.1 Å². The summed E-state index contributed by atoms with van der Waals surface area (Å²) in [6.07, 6.45) is -20.6. The molecule has 0 bridgehead atoms. The van der Waals surface area contributed by atoms with Crippen LogP contribution in [-0.4, -0.2) is 69.4 Å². The molecular weight excluding hydrogens is 503 g/mol. The first-order valence-electron chi connectivity index (χ1n) is 10.5. The molecule has 1 atom stereocenters. The zero-order valence-corrected chi connectivity index (χ0v) is 17.8. The van der Waals surface area contributed by atoms with E-state index in [-0.39, 0.29) is 57.3 Å². The minimum absolute atomic E-state index is 0.0908. The van der Waals surface area contributed by atoms with Crippen molar-refractivity contribution in [2.45, 2.75) is 57.0 Å². The van der Waals surface area contributed by atoms with Crippen LogP contribution in [0.2, 0.25) is 0 Å². The zero-order chi connectivity index (χ0) is 26.0. The molecule has 196 valence electrons. The lowest BCUT2D eigenvalue weighted by Gasteiger charge is -2.34. The first kappa shape index (κ1) is 25.4. The molecule has 1 saturated heterocycles. The highest BCUT2D eigenvalue weighted by atomic mass is 19.4. The van der Waals surface area contributed by atoms with Crippen molar-refractivity contribution in [3.8, 4) is 0 Å². The summed E-state index contributed by atoms with van der Waals surface area (Å²) in [5.74, 6) is -0.714. The second-order valence-corrected chi connectivity index (χ2v) is 8.95. The Hall–Kier alpha value is -2.68. The molecule has 1 spiro atoms. The third-order valence-electron chi connectivity index (χ3n) is 6.72. The third-order valence-corrected chi connectivity index (χ3v) is 6.72. The Bertz CT molecular complexity index is 979. The molecule has 0 radical (unpaired) electrons.